The van der Waals surface area contributed by atoms with Gasteiger partial charge in [-0.3, -0.25) is 9.89 Å². The number of H-pyrrole nitrogens is 1. The van der Waals surface area contributed by atoms with E-state index in [1.54, 1.807) is 23.9 Å². The van der Waals surface area contributed by atoms with Gasteiger partial charge < -0.3 is 20.4 Å². The molecule has 9 nitrogen and oxygen atoms in total. The van der Waals surface area contributed by atoms with E-state index in [0.717, 1.165) is 38.1 Å². The molecule has 25 heavy (non-hydrogen) atoms. The van der Waals surface area contributed by atoms with Crippen LogP contribution in [0.2, 0.25) is 0 Å². The maximum Gasteiger partial charge on any atom is 0.319 e. The SMILES string of the molecule is CN(C)C(=O)N1CCC[C@H](C(=O)N2CCC(c3nc(N)n[nH]3)CC2)C1. The second kappa shape index (κ2) is 7.28. The summed E-state index contributed by atoms with van der Waals surface area (Å²) in [6.07, 6.45) is 3.44. The van der Waals surface area contributed by atoms with Crippen LogP contribution in [0.1, 0.15) is 37.4 Å². The highest BCUT2D eigenvalue weighted by atomic mass is 16.2. The first-order valence-corrected chi connectivity index (χ1v) is 8.88. The lowest BCUT2D eigenvalue weighted by Gasteiger charge is -2.38. The molecule has 0 radical (unpaired) electrons. The Hall–Kier alpha value is -2.32. The normalized spacial score (nSPS) is 22.1. The molecule has 1 aromatic heterocycles. The van der Waals surface area contributed by atoms with Crippen LogP contribution >= 0.6 is 0 Å². The number of anilines is 1. The second-order valence-corrected chi connectivity index (χ2v) is 7.14. The number of hydrogen-bond donors (Lipinski definition) is 2. The van der Waals surface area contributed by atoms with Crippen molar-refractivity contribution in [2.24, 2.45) is 5.92 Å². The third-order valence-electron chi connectivity index (χ3n) is 5.14. The lowest BCUT2D eigenvalue weighted by Crippen LogP contribution is -2.50. The van der Waals surface area contributed by atoms with Crippen molar-refractivity contribution in [2.45, 2.75) is 31.6 Å². The first-order valence-electron chi connectivity index (χ1n) is 8.88. The predicted octanol–water partition coefficient (Wildman–Crippen LogP) is 0.487. The molecule has 2 saturated heterocycles. The van der Waals surface area contributed by atoms with Gasteiger partial charge >= 0.3 is 6.03 Å². The third kappa shape index (κ3) is 3.85. The van der Waals surface area contributed by atoms with E-state index in [-0.39, 0.29) is 29.7 Å². The van der Waals surface area contributed by atoms with E-state index in [0.29, 0.717) is 19.6 Å². The average molecular weight is 349 g/mol. The van der Waals surface area contributed by atoms with E-state index >= 15 is 0 Å². The van der Waals surface area contributed by atoms with Crippen molar-refractivity contribution in [3.63, 3.8) is 0 Å². The van der Waals surface area contributed by atoms with Crippen molar-refractivity contribution in [1.29, 1.82) is 0 Å². The molecular weight excluding hydrogens is 322 g/mol. The Morgan fingerprint density at radius 3 is 2.48 bits per heavy atom. The van der Waals surface area contributed by atoms with Gasteiger partial charge in [0.05, 0.1) is 5.92 Å². The highest BCUT2D eigenvalue weighted by molar-refractivity contribution is 5.81. The highest BCUT2D eigenvalue weighted by Crippen LogP contribution is 2.28. The number of carbonyl (C=O) groups excluding carboxylic acids is 2. The molecule has 3 heterocycles. The van der Waals surface area contributed by atoms with Crippen molar-refractivity contribution in [1.82, 2.24) is 29.9 Å². The molecule has 1 atom stereocenters. The van der Waals surface area contributed by atoms with Crippen LogP contribution < -0.4 is 5.73 Å². The fourth-order valence-electron chi connectivity index (χ4n) is 3.74. The number of piperidine rings is 2. The molecule has 0 unspecified atom stereocenters. The number of rotatable bonds is 2. The molecule has 0 saturated carbocycles. The van der Waals surface area contributed by atoms with Crippen LogP contribution in [0, 0.1) is 5.92 Å². The van der Waals surface area contributed by atoms with Crippen molar-refractivity contribution < 1.29 is 9.59 Å². The number of urea groups is 1. The van der Waals surface area contributed by atoms with Gasteiger partial charge in [0.25, 0.3) is 0 Å². The Morgan fingerprint density at radius 1 is 1.16 bits per heavy atom. The summed E-state index contributed by atoms with van der Waals surface area (Å²) in [5, 5.41) is 6.75. The number of carbonyl (C=O) groups is 2. The number of likely N-dealkylation sites (tertiary alicyclic amines) is 2. The number of nitrogen functional groups attached to an aromatic ring is 1. The molecule has 138 valence electrons. The molecule has 1 aromatic rings. The maximum absolute atomic E-state index is 12.9. The van der Waals surface area contributed by atoms with Crippen LogP contribution in [-0.4, -0.2) is 82.1 Å². The largest absolute Gasteiger partial charge is 0.367 e. The molecule has 3 rings (SSSR count). The van der Waals surface area contributed by atoms with E-state index in [2.05, 4.69) is 15.2 Å². The van der Waals surface area contributed by atoms with Gasteiger partial charge in [0.1, 0.15) is 5.82 Å². The Labute approximate surface area is 147 Å². The monoisotopic (exact) mass is 349 g/mol. The fourth-order valence-corrected chi connectivity index (χ4v) is 3.74. The summed E-state index contributed by atoms with van der Waals surface area (Å²) in [5.41, 5.74) is 5.56. The lowest BCUT2D eigenvalue weighted by atomic mass is 9.92. The number of amides is 3. The number of nitrogens with zero attached hydrogens (tertiary/aromatic N) is 5. The summed E-state index contributed by atoms with van der Waals surface area (Å²) in [5.74, 6) is 1.43. The smallest absolute Gasteiger partial charge is 0.319 e. The minimum absolute atomic E-state index is 0.0147. The summed E-state index contributed by atoms with van der Waals surface area (Å²) < 4.78 is 0. The van der Waals surface area contributed by atoms with Gasteiger partial charge in [-0.05, 0) is 25.7 Å². The van der Waals surface area contributed by atoms with Crippen molar-refractivity contribution in [2.75, 3.05) is 46.0 Å². The van der Waals surface area contributed by atoms with Crippen LogP contribution in [0.15, 0.2) is 0 Å². The van der Waals surface area contributed by atoms with Crippen molar-refractivity contribution >= 4 is 17.9 Å². The zero-order valence-corrected chi connectivity index (χ0v) is 14.9. The third-order valence-corrected chi connectivity index (χ3v) is 5.14. The van der Waals surface area contributed by atoms with Gasteiger partial charge in [-0.25, -0.2) is 4.79 Å². The summed E-state index contributed by atoms with van der Waals surface area (Å²) in [6.45, 7) is 2.68. The quantitative estimate of drug-likeness (QED) is 0.807. The zero-order chi connectivity index (χ0) is 18.0. The van der Waals surface area contributed by atoms with Crippen LogP contribution in [0.4, 0.5) is 10.7 Å². The van der Waals surface area contributed by atoms with Gasteiger partial charge in [0.2, 0.25) is 11.9 Å². The second-order valence-electron chi connectivity index (χ2n) is 7.14. The van der Waals surface area contributed by atoms with Crippen molar-refractivity contribution in [3.8, 4) is 0 Å². The molecule has 0 spiro atoms. The van der Waals surface area contributed by atoms with Gasteiger partial charge in [-0.15, -0.1) is 5.10 Å². The lowest BCUT2D eigenvalue weighted by molar-refractivity contribution is -0.138. The fraction of sp³-hybridized carbons (Fsp3) is 0.750. The standard InChI is InChI=1S/C16H27N7O2/c1-21(2)16(25)23-7-3-4-12(10-23)14(24)22-8-5-11(6-9-22)13-18-15(17)20-19-13/h11-12H,3-10H2,1-2H3,(H3,17,18,19,20)/t12-/m0/s1. The van der Waals surface area contributed by atoms with Crippen LogP contribution in [0.25, 0.3) is 0 Å². The Balaban J connectivity index is 1.54. The Morgan fingerprint density at radius 2 is 1.88 bits per heavy atom. The topological polar surface area (TPSA) is 111 Å². The highest BCUT2D eigenvalue weighted by Gasteiger charge is 2.34. The Kier molecular flexibility index (Phi) is 5.10. The van der Waals surface area contributed by atoms with E-state index in [4.69, 9.17) is 5.73 Å². The van der Waals surface area contributed by atoms with E-state index in [1.807, 2.05) is 4.90 Å². The number of nitrogens with two attached hydrogens (primary N) is 1. The molecule has 3 amide bonds. The summed E-state index contributed by atoms with van der Waals surface area (Å²) in [7, 11) is 3.49. The van der Waals surface area contributed by atoms with Crippen LogP contribution in [0.3, 0.4) is 0 Å². The molecule has 2 aliphatic rings. The molecule has 2 aliphatic heterocycles. The first kappa shape index (κ1) is 17.5. The number of aromatic amines is 1. The Bertz CT molecular complexity index is 622. The van der Waals surface area contributed by atoms with E-state index < -0.39 is 0 Å². The van der Waals surface area contributed by atoms with Crippen LogP contribution in [0.5, 0.6) is 0 Å². The zero-order valence-electron chi connectivity index (χ0n) is 14.9. The van der Waals surface area contributed by atoms with Crippen molar-refractivity contribution in [3.05, 3.63) is 5.82 Å². The minimum Gasteiger partial charge on any atom is -0.367 e. The maximum atomic E-state index is 12.9. The predicted molar refractivity (Wildman–Crippen MR) is 92.7 cm³/mol. The summed E-state index contributed by atoms with van der Waals surface area (Å²) in [6, 6.07) is -0.0147. The van der Waals surface area contributed by atoms with E-state index in [9.17, 15) is 9.59 Å². The average Bonchev–Trinajstić information content (AvgIpc) is 3.07. The molecule has 0 bridgehead atoms. The summed E-state index contributed by atoms with van der Waals surface area (Å²) in [4.78, 5) is 34.5. The minimum atomic E-state index is -0.0878. The van der Waals surface area contributed by atoms with Gasteiger partial charge in [-0.2, -0.15) is 4.98 Å². The number of aromatic nitrogens is 3. The number of hydrogen-bond acceptors (Lipinski definition) is 5. The van der Waals surface area contributed by atoms with Gasteiger partial charge in [-0.1, -0.05) is 0 Å². The summed E-state index contributed by atoms with van der Waals surface area (Å²) >= 11 is 0. The van der Waals surface area contributed by atoms with Gasteiger partial charge in [0, 0.05) is 46.2 Å². The molecular formula is C16H27N7O2. The van der Waals surface area contributed by atoms with E-state index in [1.165, 1.54) is 0 Å². The molecule has 9 heteroatoms. The number of nitrogens with one attached hydrogen (secondary N) is 1. The van der Waals surface area contributed by atoms with Gasteiger partial charge in [0.15, 0.2) is 0 Å². The molecule has 0 aliphatic carbocycles. The van der Waals surface area contributed by atoms with Crippen LogP contribution in [-0.2, 0) is 4.79 Å². The first-order chi connectivity index (χ1) is 12.0. The molecule has 3 N–H and O–H groups in total. The molecule has 0 aromatic carbocycles. The molecule has 2 fully saturated rings.